The molecular formula is C19H19FN8. The first-order valence-electron chi connectivity index (χ1n) is 8.66. The van der Waals surface area contributed by atoms with Crippen molar-refractivity contribution in [2.24, 2.45) is 0 Å². The Balaban J connectivity index is 1.73. The predicted octanol–water partition coefficient (Wildman–Crippen LogP) is 2.61. The third kappa shape index (κ3) is 3.41. The van der Waals surface area contributed by atoms with E-state index < -0.39 is 0 Å². The second kappa shape index (κ2) is 7.10. The van der Waals surface area contributed by atoms with Gasteiger partial charge in [0.1, 0.15) is 11.6 Å². The number of nitrogens with zero attached hydrogens (tertiary/aromatic N) is 6. The third-order valence-corrected chi connectivity index (χ3v) is 4.15. The van der Waals surface area contributed by atoms with Crippen LogP contribution < -0.4 is 16.0 Å². The largest absolute Gasteiger partial charge is 0.368 e. The third-order valence-electron chi connectivity index (χ3n) is 4.15. The Labute approximate surface area is 160 Å². The van der Waals surface area contributed by atoms with E-state index >= 15 is 0 Å². The zero-order valence-electron chi connectivity index (χ0n) is 15.5. The number of rotatable bonds is 5. The summed E-state index contributed by atoms with van der Waals surface area (Å²) in [6.07, 6.45) is 0. The normalized spacial score (nSPS) is 11.0. The lowest BCUT2D eigenvalue weighted by molar-refractivity contribution is 0.629. The summed E-state index contributed by atoms with van der Waals surface area (Å²) >= 11 is 0. The zero-order chi connectivity index (χ0) is 19.7. The molecule has 0 saturated heterocycles. The first-order valence-corrected chi connectivity index (χ1v) is 8.66. The summed E-state index contributed by atoms with van der Waals surface area (Å²) in [4.78, 5) is 18.9. The van der Waals surface area contributed by atoms with E-state index in [-0.39, 0.29) is 11.8 Å². The van der Waals surface area contributed by atoms with E-state index in [1.165, 1.54) is 12.1 Å². The Morgan fingerprint density at radius 1 is 1.04 bits per heavy atom. The van der Waals surface area contributed by atoms with Gasteiger partial charge in [-0.25, -0.2) is 9.37 Å². The fraction of sp³-hybridized carbons (Fsp3) is 0.158. The molecule has 3 N–H and O–H groups in total. The van der Waals surface area contributed by atoms with Crippen LogP contribution >= 0.6 is 0 Å². The minimum absolute atomic E-state index is 0.125. The number of para-hydroxylation sites is 1. The lowest BCUT2D eigenvalue weighted by Gasteiger charge is -2.13. The molecule has 142 valence electrons. The highest BCUT2D eigenvalue weighted by atomic mass is 19.1. The quantitative estimate of drug-likeness (QED) is 0.551. The van der Waals surface area contributed by atoms with Crippen molar-refractivity contribution in [1.82, 2.24) is 24.5 Å². The maximum atomic E-state index is 13.9. The first kappa shape index (κ1) is 17.7. The number of nitrogens with two attached hydrogens (primary N) is 1. The molecule has 2 aromatic carbocycles. The van der Waals surface area contributed by atoms with Crippen LogP contribution in [-0.2, 0) is 6.54 Å². The van der Waals surface area contributed by atoms with E-state index in [2.05, 4.69) is 25.3 Å². The molecule has 0 bridgehead atoms. The molecule has 0 amide bonds. The number of hydrogen-bond donors (Lipinski definition) is 2. The smallest absolute Gasteiger partial charge is 0.231 e. The van der Waals surface area contributed by atoms with Crippen molar-refractivity contribution in [3.05, 3.63) is 60.2 Å². The van der Waals surface area contributed by atoms with E-state index in [0.29, 0.717) is 35.3 Å². The number of hydrogen-bond acceptors (Lipinski definition) is 7. The summed E-state index contributed by atoms with van der Waals surface area (Å²) in [6.45, 7) is 0.321. The molecule has 28 heavy (non-hydrogen) atoms. The average molecular weight is 378 g/mol. The van der Waals surface area contributed by atoms with E-state index in [4.69, 9.17) is 5.73 Å². The van der Waals surface area contributed by atoms with E-state index in [1.807, 2.05) is 49.0 Å². The molecule has 2 aromatic heterocycles. The Morgan fingerprint density at radius 3 is 2.57 bits per heavy atom. The van der Waals surface area contributed by atoms with Crippen LogP contribution in [0.15, 0.2) is 48.5 Å². The molecule has 0 aliphatic heterocycles. The molecule has 0 spiro atoms. The second-order valence-corrected chi connectivity index (χ2v) is 6.40. The molecule has 0 atom stereocenters. The number of halogens is 1. The summed E-state index contributed by atoms with van der Waals surface area (Å²) in [7, 11) is 3.64. The molecular weight excluding hydrogens is 359 g/mol. The van der Waals surface area contributed by atoms with Gasteiger partial charge in [-0.05, 0) is 24.3 Å². The Kier molecular flexibility index (Phi) is 4.48. The van der Waals surface area contributed by atoms with Crippen LogP contribution in [0.5, 0.6) is 0 Å². The van der Waals surface area contributed by atoms with Crippen molar-refractivity contribution in [2.45, 2.75) is 6.54 Å². The molecule has 0 aliphatic rings. The van der Waals surface area contributed by atoms with Gasteiger partial charge in [-0.2, -0.15) is 15.0 Å². The van der Waals surface area contributed by atoms with Gasteiger partial charge in [-0.1, -0.05) is 18.2 Å². The van der Waals surface area contributed by atoms with Crippen molar-refractivity contribution in [2.75, 3.05) is 30.0 Å². The molecule has 8 nitrogen and oxygen atoms in total. The summed E-state index contributed by atoms with van der Waals surface area (Å²) in [5, 5.41) is 3.14. The van der Waals surface area contributed by atoms with Crippen LogP contribution in [0.25, 0.3) is 16.7 Å². The van der Waals surface area contributed by atoms with Gasteiger partial charge >= 0.3 is 0 Å². The fourth-order valence-corrected chi connectivity index (χ4v) is 2.90. The predicted molar refractivity (Wildman–Crippen MR) is 107 cm³/mol. The lowest BCUT2D eigenvalue weighted by Crippen LogP contribution is -2.17. The fourth-order valence-electron chi connectivity index (χ4n) is 2.90. The van der Waals surface area contributed by atoms with Crippen molar-refractivity contribution in [3.63, 3.8) is 0 Å². The maximum Gasteiger partial charge on any atom is 0.231 e. The molecule has 0 aliphatic carbocycles. The van der Waals surface area contributed by atoms with Gasteiger partial charge in [0, 0.05) is 25.8 Å². The standard InChI is InChI=1S/C19H19FN8/c1-27(2)19-25-17(21)24-18(26-19)22-11-16-23-14-9-8-12(20)10-15(14)28(16)13-6-4-3-5-7-13/h3-10H,11H2,1-2H3,(H3,21,22,24,25,26). The van der Waals surface area contributed by atoms with Crippen LogP contribution in [0, 0.1) is 5.82 Å². The maximum absolute atomic E-state index is 13.9. The van der Waals surface area contributed by atoms with Crippen LogP contribution in [0.3, 0.4) is 0 Å². The average Bonchev–Trinajstić information content (AvgIpc) is 3.04. The van der Waals surface area contributed by atoms with Crippen LogP contribution in [0.2, 0.25) is 0 Å². The molecule has 4 rings (SSSR count). The number of nitrogens with one attached hydrogen (secondary N) is 1. The first-order chi connectivity index (χ1) is 13.5. The summed E-state index contributed by atoms with van der Waals surface area (Å²) in [5.41, 5.74) is 8.05. The van der Waals surface area contributed by atoms with Gasteiger partial charge in [0.15, 0.2) is 0 Å². The van der Waals surface area contributed by atoms with Gasteiger partial charge in [-0.15, -0.1) is 0 Å². The van der Waals surface area contributed by atoms with E-state index in [9.17, 15) is 4.39 Å². The Hall–Kier alpha value is -3.75. The number of benzene rings is 2. The number of nitrogen functional groups attached to an aromatic ring is 1. The van der Waals surface area contributed by atoms with Crippen molar-refractivity contribution in [3.8, 4) is 5.69 Å². The Morgan fingerprint density at radius 2 is 1.82 bits per heavy atom. The van der Waals surface area contributed by atoms with E-state index in [1.54, 1.807) is 11.0 Å². The van der Waals surface area contributed by atoms with Gasteiger partial charge in [0.25, 0.3) is 0 Å². The number of aromatic nitrogens is 5. The highest BCUT2D eigenvalue weighted by Gasteiger charge is 2.14. The van der Waals surface area contributed by atoms with Crippen LogP contribution in [0.1, 0.15) is 5.82 Å². The summed E-state index contributed by atoms with van der Waals surface area (Å²) < 4.78 is 15.8. The molecule has 0 radical (unpaired) electrons. The van der Waals surface area contributed by atoms with Crippen molar-refractivity contribution >= 4 is 28.9 Å². The van der Waals surface area contributed by atoms with Crippen molar-refractivity contribution in [1.29, 1.82) is 0 Å². The molecule has 0 saturated carbocycles. The molecule has 0 unspecified atom stereocenters. The van der Waals surface area contributed by atoms with Gasteiger partial charge < -0.3 is 16.0 Å². The van der Waals surface area contributed by atoms with E-state index in [0.717, 1.165) is 5.69 Å². The molecule has 0 fully saturated rings. The SMILES string of the molecule is CN(C)c1nc(N)nc(NCc2nc3ccc(F)cc3n2-c2ccccc2)n1. The van der Waals surface area contributed by atoms with Crippen LogP contribution in [-0.4, -0.2) is 38.6 Å². The van der Waals surface area contributed by atoms with Gasteiger partial charge in [0.05, 0.1) is 17.6 Å². The zero-order valence-corrected chi connectivity index (χ0v) is 15.5. The lowest BCUT2D eigenvalue weighted by atomic mass is 10.2. The second-order valence-electron chi connectivity index (χ2n) is 6.40. The highest BCUT2D eigenvalue weighted by Crippen LogP contribution is 2.23. The summed E-state index contributed by atoms with van der Waals surface area (Å²) in [6, 6.07) is 14.2. The van der Waals surface area contributed by atoms with Crippen molar-refractivity contribution < 1.29 is 4.39 Å². The molecule has 2 heterocycles. The van der Waals surface area contributed by atoms with Crippen LogP contribution in [0.4, 0.5) is 22.2 Å². The molecule has 4 aromatic rings. The number of fused-ring (bicyclic) bond motifs is 1. The number of anilines is 3. The minimum atomic E-state index is -0.315. The molecule has 9 heteroatoms. The minimum Gasteiger partial charge on any atom is -0.368 e. The van der Waals surface area contributed by atoms with Gasteiger partial charge in [-0.3, -0.25) is 4.57 Å². The number of imidazole rings is 1. The summed E-state index contributed by atoms with van der Waals surface area (Å²) in [5.74, 6) is 1.30. The topological polar surface area (TPSA) is 97.8 Å². The van der Waals surface area contributed by atoms with Gasteiger partial charge in [0.2, 0.25) is 17.8 Å². The Bertz CT molecular complexity index is 1120. The monoisotopic (exact) mass is 378 g/mol. The highest BCUT2D eigenvalue weighted by molar-refractivity contribution is 5.78.